The monoisotopic (exact) mass is 342 g/mol. The van der Waals surface area contributed by atoms with Crippen LogP contribution in [0.2, 0.25) is 0 Å². The predicted octanol–water partition coefficient (Wildman–Crippen LogP) is 6.27. The van der Waals surface area contributed by atoms with Gasteiger partial charge in [0, 0.05) is 5.39 Å². The lowest BCUT2D eigenvalue weighted by Gasteiger charge is -2.27. The molecule has 1 aliphatic carbocycles. The van der Waals surface area contributed by atoms with Crippen molar-refractivity contribution in [3.8, 4) is 5.75 Å². The third-order valence-corrected chi connectivity index (χ3v) is 5.41. The highest BCUT2D eigenvalue weighted by Gasteiger charge is 2.27. The molecular weight excluding hydrogens is 315 g/mol. The smallest absolute Gasteiger partial charge is 0.314 e. The Balaban J connectivity index is 1.54. The molecule has 0 aromatic heterocycles. The third-order valence-electron chi connectivity index (χ3n) is 5.41. The van der Waals surface area contributed by atoms with Crippen LogP contribution in [0.4, 0.5) is 4.39 Å². The van der Waals surface area contributed by atoms with Gasteiger partial charge in [-0.2, -0.15) is 0 Å². The molecule has 3 heteroatoms. The molecule has 0 heterocycles. The molecule has 0 unspecified atom stereocenters. The van der Waals surface area contributed by atoms with Gasteiger partial charge in [0.15, 0.2) is 0 Å². The molecular formula is C22H27FO2. The number of carbonyl (C=O) groups excluding carboxylic acids is 1. The Labute approximate surface area is 149 Å². The minimum absolute atomic E-state index is 0.00521. The van der Waals surface area contributed by atoms with E-state index in [4.69, 9.17) is 4.74 Å². The summed E-state index contributed by atoms with van der Waals surface area (Å²) in [5.41, 5.74) is 0. The van der Waals surface area contributed by atoms with E-state index in [0.29, 0.717) is 11.1 Å². The first-order valence-corrected chi connectivity index (χ1v) is 9.57. The Kier molecular flexibility index (Phi) is 6.06. The lowest BCUT2D eigenvalue weighted by Crippen LogP contribution is -2.25. The normalized spacial score (nSPS) is 20.6. The zero-order chi connectivity index (χ0) is 17.6. The number of unbranched alkanes of at least 4 members (excludes halogenated alkanes) is 2. The van der Waals surface area contributed by atoms with Crippen LogP contribution in [0.25, 0.3) is 10.8 Å². The number of rotatable bonds is 6. The molecule has 0 spiro atoms. The minimum atomic E-state index is -0.253. The van der Waals surface area contributed by atoms with Crippen molar-refractivity contribution in [3.63, 3.8) is 0 Å². The number of carbonyl (C=O) groups is 1. The van der Waals surface area contributed by atoms with E-state index in [9.17, 15) is 9.18 Å². The molecule has 0 saturated heterocycles. The molecule has 25 heavy (non-hydrogen) atoms. The SMILES string of the molecule is CCCCCC1CCC(C(=O)Oc2ccc3c(F)cccc3c2)CC1. The first-order chi connectivity index (χ1) is 12.2. The number of ether oxygens (including phenoxy) is 1. The first kappa shape index (κ1) is 17.9. The van der Waals surface area contributed by atoms with E-state index in [-0.39, 0.29) is 17.7 Å². The minimum Gasteiger partial charge on any atom is -0.426 e. The highest BCUT2D eigenvalue weighted by Crippen LogP contribution is 2.33. The van der Waals surface area contributed by atoms with E-state index in [1.54, 1.807) is 24.3 Å². The number of halogens is 1. The molecule has 0 atom stereocenters. The Hall–Kier alpha value is -1.90. The Morgan fingerprint density at radius 1 is 1.12 bits per heavy atom. The summed E-state index contributed by atoms with van der Waals surface area (Å²) in [6.07, 6.45) is 9.30. The Morgan fingerprint density at radius 2 is 1.92 bits per heavy atom. The largest absolute Gasteiger partial charge is 0.426 e. The van der Waals surface area contributed by atoms with Gasteiger partial charge in [0.25, 0.3) is 0 Å². The highest BCUT2D eigenvalue weighted by atomic mass is 19.1. The van der Waals surface area contributed by atoms with Crippen LogP contribution >= 0.6 is 0 Å². The molecule has 1 aliphatic rings. The maximum Gasteiger partial charge on any atom is 0.314 e. The van der Waals surface area contributed by atoms with Crippen molar-refractivity contribution in [2.75, 3.05) is 0 Å². The van der Waals surface area contributed by atoms with Crippen molar-refractivity contribution in [1.29, 1.82) is 0 Å². The van der Waals surface area contributed by atoms with Crippen molar-refractivity contribution < 1.29 is 13.9 Å². The molecule has 2 aromatic rings. The maximum absolute atomic E-state index is 13.7. The van der Waals surface area contributed by atoms with Crippen molar-refractivity contribution >= 4 is 16.7 Å². The lowest BCUT2D eigenvalue weighted by molar-refractivity contribution is -0.140. The van der Waals surface area contributed by atoms with Crippen LogP contribution < -0.4 is 4.74 Å². The number of hydrogen-bond acceptors (Lipinski definition) is 2. The van der Waals surface area contributed by atoms with Crippen molar-refractivity contribution in [2.24, 2.45) is 11.8 Å². The van der Waals surface area contributed by atoms with Gasteiger partial charge in [-0.15, -0.1) is 0 Å². The van der Waals surface area contributed by atoms with Gasteiger partial charge < -0.3 is 4.74 Å². The number of benzene rings is 2. The molecule has 2 aromatic carbocycles. The van der Waals surface area contributed by atoms with Gasteiger partial charge in [-0.25, -0.2) is 4.39 Å². The van der Waals surface area contributed by atoms with E-state index in [0.717, 1.165) is 37.0 Å². The molecule has 3 rings (SSSR count). The average molecular weight is 342 g/mol. The summed E-state index contributed by atoms with van der Waals surface area (Å²) in [5.74, 6) is 0.901. The maximum atomic E-state index is 13.7. The molecule has 134 valence electrons. The van der Waals surface area contributed by atoms with Crippen LogP contribution in [-0.2, 0) is 4.79 Å². The van der Waals surface area contributed by atoms with Gasteiger partial charge in [0.1, 0.15) is 11.6 Å². The van der Waals surface area contributed by atoms with Gasteiger partial charge in [0.2, 0.25) is 0 Å². The van der Waals surface area contributed by atoms with E-state index >= 15 is 0 Å². The Morgan fingerprint density at radius 3 is 2.68 bits per heavy atom. The quantitative estimate of drug-likeness (QED) is 0.351. The van der Waals surface area contributed by atoms with Gasteiger partial charge in [-0.05, 0) is 61.3 Å². The van der Waals surface area contributed by atoms with E-state index < -0.39 is 0 Å². The van der Waals surface area contributed by atoms with Crippen LogP contribution in [0, 0.1) is 17.7 Å². The topological polar surface area (TPSA) is 26.3 Å². The second-order valence-corrected chi connectivity index (χ2v) is 7.26. The van der Waals surface area contributed by atoms with Crippen LogP contribution in [-0.4, -0.2) is 5.97 Å². The molecule has 2 nitrogen and oxygen atoms in total. The third kappa shape index (κ3) is 4.59. The second kappa shape index (κ2) is 8.46. The fraction of sp³-hybridized carbons (Fsp3) is 0.500. The van der Waals surface area contributed by atoms with E-state index in [1.165, 1.54) is 31.7 Å². The molecule has 0 aliphatic heterocycles. The second-order valence-electron chi connectivity index (χ2n) is 7.26. The summed E-state index contributed by atoms with van der Waals surface area (Å²) in [7, 11) is 0. The zero-order valence-corrected chi connectivity index (χ0v) is 15.0. The van der Waals surface area contributed by atoms with E-state index in [2.05, 4.69) is 6.92 Å². The molecule has 1 fully saturated rings. The first-order valence-electron chi connectivity index (χ1n) is 9.57. The molecule has 1 saturated carbocycles. The van der Waals surface area contributed by atoms with Crippen molar-refractivity contribution in [3.05, 3.63) is 42.2 Å². The van der Waals surface area contributed by atoms with Crippen molar-refractivity contribution in [1.82, 2.24) is 0 Å². The van der Waals surface area contributed by atoms with Gasteiger partial charge in [0.05, 0.1) is 5.92 Å². The van der Waals surface area contributed by atoms with Crippen molar-refractivity contribution in [2.45, 2.75) is 58.3 Å². The number of esters is 1. The molecule has 0 radical (unpaired) electrons. The fourth-order valence-electron chi connectivity index (χ4n) is 3.86. The summed E-state index contributed by atoms with van der Waals surface area (Å²) < 4.78 is 19.3. The van der Waals surface area contributed by atoms with Crippen LogP contribution in [0.5, 0.6) is 5.75 Å². The summed E-state index contributed by atoms with van der Waals surface area (Å²) >= 11 is 0. The predicted molar refractivity (Wildman–Crippen MR) is 99.1 cm³/mol. The van der Waals surface area contributed by atoms with Crippen LogP contribution in [0.3, 0.4) is 0 Å². The zero-order valence-electron chi connectivity index (χ0n) is 15.0. The molecule has 0 amide bonds. The summed E-state index contributed by atoms with van der Waals surface area (Å²) in [6.45, 7) is 2.23. The molecule has 0 N–H and O–H groups in total. The van der Waals surface area contributed by atoms with Gasteiger partial charge in [-0.1, -0.05) is 44.7 Å². The van der Waals surface area contributed by atoms with Crippen LogP contribution in [0.15, 0.2) is 36.4 Å². The van der Waals surface area contributed by atoms with Gasteiger partial charge >= 0.3 is 5.97 Å². The molecule has 0 bridgehead atoms. The van der Waals surface area contributed by atoms with E-state index in [1.807, 2.05) is 6.07 Å². The Bertz CT molecular complexity index is 717. The summed E-state index contributed by atoms with van der Waals surface area (Å²) in [5, 5.41) is 1.31. The van der Waals surface area contributed by atoms with Crippen LogP contribution in [0.1, 0.15) is 58.3 Å². The number of fused-ring (bicyclic) bond motifs is 1. The summed E-state index contributed by atoms with van der Waals surface area (Å²) in [6, 6.07) is 10.0. The summed E-state index contributed by atoms with van der Waals surface area (Å²) in [4.78, 5) is 12.4. The lowest BCUT2D eigenvalue weighted by atomic mass is 9.80. The number of hydrogen-bond donors (Lipinski definition) is 0. The van der Waals surface area contributed by atoms with Gasteiger partial charge in [-0.3, -0.25) is 4.79 Å². The average Bonchev–Trinajstić information content (AvgIpc) is 2.62. The highest BCUT2D eigenvalue weighted by molar-refractivity contribution is 5.85. The standard InChI is InChI=1S/C22H27FO2/c1-2-3-4-6-16-9-11-17(12-10-16)22(24)25-19-13-14-20-18(15-19)7-5-8-21(20)23/h5,7-8,13-17H,2-4,6,9-12H2,1H3. The fourth-order valence-corrected chi connectivity index (χ4v) is 3.86.